The minimum atomic E-state index is -0.225. The van der Waals surface area contributed by atoms with Crippen LogP contribution in [0, 0.1) is 12.3 Å². The highest BCUT2D eigenvalue weighted by atomic mass is 16.5. The highest BCUT2D eigenvalue weighted by Crippen LogP contribution is 2.51. The average Bonchev–Trinajstić information content (AvgIpc) is 3.47. The Balaban J connectivity index is 1.24. The molecule has 6 heteroatoms. The minimum Gasteiger partial charge on any atom is -0.493 e. The van der Waals surface area contributed by atoms with Crippen molar-refractivity contribution in [1.29, 1.82) is 0 Å². The van der Waals surface area contributed by atoms with Gasteiger partial charge in [0.1, 0.15) is 12.3 Å². The lowest BCUT2D eigenvalue weighted by Crippen LogP contribution is -2.33. The smallest absolute Gasteiger partial charge is 0.167 e. The molecule has 1 atom stereocenters. The van der Waals surface area contributed by atoms with E-state index >= 15 is 0 Å². The monoisotopic (exact) mass is 570 g/mol. The van der Waals surface area contributed by atoms with Crippen molar-refractivity contribution in [2.24, 2.45) is 5.41 Å². The van der Waals surface area contributed by atoms with Gasteiger partial charge in [0, 0.05) is 40.9 Å². The first-order valence-electron chi connectivity index (χ1n) is 14.7. The lowest BCUT2D eigenvalue weighted by atomic mass is 9.68. The van der Waals surface area contributed by atoms with Crippen LogP contribution in [-0.4, -0.2) is 18.0 Å². The highest BCUT2D eigenvalue weighted by molar-refractivity contribution is 6.04. The number of nitrogens with zero attached hydrogens (tertiary/aromatic N) is 1. The molecule has 1 N–H and O–H groups in total. The van der Waals surface area contributed by atoms with E-state index in [2.05, 4.69) is 67.6 Å². The van der Waals surface area contributed by atoms with E-state index in [0.29, 0.717) is 29.4 Å². The lowest BCUT2D eigenvalue weighted by molar-refractivity contribution is -0.118. The minimum absolute atomic E-state index is 0.0996. The van der Waals surface area contributed by atoms with Crippen LogP contribution >= 0.6 is 0 Å². The van der Waals surface area contributed by atoms with Crippen LogP contribution in [0.2, 0.25) is 0 Å². The number of Topliss-reactive ketones (excluding diaryl/α,β-unsaturated/α-hetero) is 1. The van der Waals surface area contributed by atoms with Gasteiger partial charge in [-0.15, -0.1) is 0 Å². The number of carbonyl (C=O) groups excluding carboxylic acids is 1. The zero-order chi connectivity index (χ0) is 29.7. The molecule has 0 bridgehead atoms. The summed E-state index contributed by atoms with van der Waals surface area (Å²) >= 11 is 0. The second kappa shape index (κ2) is 10.5. The van der Waals surface area contributed by atoms with Crippen molar-refractivity contribution in [1.82, 2.24) is 5.16 Å². The molecule has 43 heavy (non-hydrogen) atoms. The summed E-state index contributed by atoms with van der Waals surface area (Å²) in [4.78, 5) is 13.8. The summed E-state index contributed by atoms with van der Waals surface area (Å²) in [5, 5.41) is 10.1. The lowest BCUT2D eigenvalue weighted by Gasteiger charge is -2.40. The molecule has 0 saturated heterocycles. The van der Waals surface area contributed by atoms with Crippen molar-refractivity contribution in [3.63, 3.8) is 0 Å². The number of rotatable bonds is 6. The molecule has 5 aromatic rings. The molecule has 1 unspecified atom stereocenters. The van der Waals surface area contributed by atoms with E-state index in [1.807, 2.05) is 48.5 Å². The second-order valence-electron chi connectivity index (χ2n) is 12.4. The normalized spacial score (nSPS) is 17.3. The van der Waals surface area contributed by atoms with Crippen LogP contribution in [0.15, 0.2) is 101 Å². The number of aryl methyl sites for hydroxylation is 1. The van der Waals surface area contributed by atoms with Gasteiger partial charge in [0.05, 0.1) is 7.11 Å². The fourth-order valence-electron chi connectivity index (χ4n) is 6.51. The predicted molar refractivity (Wildman–Crippen MR) is 168 cm³/mol. The molecule has 7 rings (SSSR count). The Morgan fingerprint density at radius 3 is 2.58 bits per heavy atom. The van der Waals surface area contributed by atoms with Crippen molar-refractivity contribution in [2.45, 2.75) is 46.1 Å². The number of nitrogens with one attached hydrogen (secondary N) is 1. The fourth-order valence-corrected chi connectivity index (χ4v) is 6.51. The fraction of sp³-hybridized carbons (Fsp3) is 0.243. The maximum Gasteiger partial charge on any atom is 0.167 e. The van der Waals surface area contributed by atoms with Gasteiger partial charge in [-0.05, 0) is 58.9 Å². The van der Waals surface area contributed by atoms with E-state index in [1.54, 1.807) is 7.11 Å². The molecule has 0 radical (unpaired) electrons. The zero-order valence-electron chi connectivity index (χ0n) is 24.9. The molecule has 4 aromatic carbocycles. The predicted octanol–water partition coefficient (Wildman–Crippen LogP) is 8.59. The van der Waals surface area contributed by atoms with Gasteiger partial charge in [-0.3, -0.25) is 4.79 Å². The van der Waals surface area contributed by atoms with Gasteiger partial charge in [-0.2, -0.15) is 0 Å². The topological polar surface area (TPSA) is 73.6 Å². The summed E-state index contributed by atoms with van der Waals surface area (Å²) in [6, 6.07) is 28.7. The van der Waals surface area contributed by atoms with Crippen LogP contribution in [0.1, 0.15) is 55.0 Å². The SMILES string of the molecule is COc1cc(C2C3=C(CC(C)(C)CC3=O)Nc3ccc4ccccc4c32)ccc1OCc1cc(-c2ccc(C)cc2)on1. The third kappa shape index (κ3) is 4.97. The Hall–Kier alpha value is -4.84. The first-order valence-corrected chi connectivity index (χ1v) is 14.7. The van der Waals surface area contributed by atoms with Crippen LogP contribution in [0.3, 0.4) is 0 Å². The molecule has 2 aliphatic rings. The molecular formula is C37H34N2O4. The third-order valence-corrected chi connectivity index (χ3v) is 8.55. The molecule has 1 aliphatic carbocycles. The molecule has 216 valence electrons. The number of benzene rings is 4. The standard InChI is InChI=1S/C37H34N2O4/c1-22-9-11-24(12-10-22)32-18-26(39-43-32)21-42-31-16-14-25(17-33(31)41-4)34-35-27-8-6-5-7-23(27)13-15-28(35)38-29-19-37(2,3)20-30(40)36(29)34/h5-18,34,38H,19-21H2,1-4H3. The van der Waals surface area contributed by atoms with Crippen LogP contribution in [-0.2, 0) is 11.4 Å². The molecule has 1 aliphatic heterocycles. The number of allylic oxidation sites excluding steroid dienone is 2. The van der Waals surface area contributed by atoms with Crippen LogP contribution in [0.4, 0.5) is 5.69 Å². The Bertz CT molecular complexity index is 1900. The summed E-state index contributed by atoms with van der Waals surface area (Å²) in [6.07, 6.45) is 1.34. The van der Waals surface area contributed by atoms with Gasteiger partial charge < -0.3 is 19.3 Å². The van der Waals surface area contributed by atoms with Gasteiger partial charge in [0.25, 0.3) is 0 Å². The zero-order valence-corrected chi connectivity index (χ0v) is 24.9. The Morgan fingerprint density at radius 1 is 0.953 bits per heavy atom. The summed E-state index contributed by atoms with van der Waals surface area (Å²) in [5.74, 6) is 1.87. The van der Waals surface area contributed by atoms with Crippen LogP contribution in [0.5, 0.6) is 11.5 Å². The van der Waals surface area contributed by atoms with E-state index in [4.69, 9.17) is 14.0 Å². The molecule has 0 amide bonds. The van der Waals surface area contributed by atoms with Crippen molar-refractivity contribution in [3.8, 4) is 22.8 Å². The number of fused-ring (bicyclic) bond motifs is 3. The van der Waals surface area contributed by atoms with Crippen molar-refractivity contribution < 1.29 is 18.8 Å². The van der Waals surface area contributed by atoms with Crippen molar-refractivity contribution >= 4 is 22.2 Å². The largest absolute Gasteiger partial charge is 0.493 e. The Morgan fingerprint density at radius 2 is 1.77 bits per heavy atom. The number of carbonyl (C=O) groups is 1. The number of ketones is 1. The summed E-state index contributed by atoms with van der Waals surface area (Å²) in [5.41, 5.74) is 7.77. The van der Waals surface area contributed by atoms with Gasteiger partial charge >= 0.3 is 0 Å². The highest BCUT2D eigenvalue weighted by Gasteiger charge is 2.41. The van der Waals surface area contributed by atoms with E-state index in [0.717, 1.165) is 50.8 Å². The first kappa shape index (κ1) is 27.0. The maximum atomic E-state index is 13.8. The molecular weight excluding hydrogens is 536 g/mol. The number of hydrogen-bond donors (Lipinski definition) is 1. The average molecular weight is 571 g/mol. The van der Waals surface area contributed by atoms with E-state index in [9.17, 15) is 4.79 Å². The molecule has 0 spiro atoms. The maximum absolute atomic E-state index is 13.8. The van der Waals surface area contributed by atoms with Gasteiger partial charge in [0.15, 0.2) is 23.0 Å². The quantitative estimate of drug-likeness (QED) is 0.220. The summed E-state index contributed by atoms with van der Waals surface area (Å²) in [6.45, 7) is 6.61. The van der Waals surface area contributed by atoms with Crippen molar-refractivity contribution in [2.75, 3.05) is 12.4 Å². The van der Waals surface area contributed by atoms with Crippen LogP contribution in [0.25, 0.3) is 22.1 Å². The van der Waals surface area contributed by atoms with E-state index in [1.165, 1.54) is 5.56 Å². The molecule has 6 nitrogen and oxygen atoms in total. The number of methoxy groups -OCH3 is 1. The molecule has 2 heterocycles. The van der Waals surface area contributed by atoms with Gasteiger partial charge in [0.2, 0.25) is 0 Å². The van der Waals surface area contributed by atoms with E-state index < -0.39 is 0 Å². The number of anilines is 1. The molecule has 1 aromatic heterocycles. The van der Waals surface area contributed by atoms with E-state index in [-0.39, 0.29) is 23.7 Å². The summed E-state index contributed by atoms with van der Waals surface area (Å²) < 4.78 is 17.6. The van der Waals surface area contributed by atoms with Gasteiger partial charge in [-0.25, -0.2) is 0 Å². The Kier molecular flexibility index (Phi) is 6.57. The molecule has 0 fully saturated rings. The third-order valence-electron chi connectivity index (χ3n) is 8.55. The van der Waals surface area contributed by atoms with Gasteiger partial charge in [-0.1, -0.05) is 85.2 Å². The van der Waals surface area contributed by atoms with Crippen molar-refractivity contribution in [3.05, 3.63) is 119 Å². The second-order valence-corrected chi connectivity index (χ2v) is 12.4. The van der Waals surface area contributed by atoms with Crippen LogP contribution < -0.4 is 14.8 Å². The molecule has 0 saturated carbocycles. The Labute approximate surface area is 251 Å². The number of aromatic nitrogens is 1. The summed E-state index contributed by atoms with van der Waals surface area (Å²) in [7, 11) is 1.64. The number of hydrogen-bond acceptors (Lipinski definition) is 6. The first-order chi connectivity index (χ1) is 20.8. The number of ether oxygens (including phenoxy) is 2.